The molecule has 1 atom stereocenters. The molecule has 6 nitrogen and oxygen atoms in total. The van der Waals surface area contributed by atoms with Crippen LogP contribution in [0.15, 0.2) is 30.3 Å². The summed E-state index contributed by atoms with van der Waals surface area (Å²) in [7, 11) is 1.65. The zero-order valence-electron chi connectivity index (χ0n) is 11.5. The molecule has 108 valence electrons. The number of benzene rings is 1. The molecule has 6 heteroatoms. The Kier molecular flexibility index (Phi) is 5.71. The lowest BCUT2D eigenvalue weighted by molar-refractivity contribution is -0.142. The summed E-state index contributed by atoms with van der Waals surface area (Å²) >= 11 is 0. The lowest BCUT2D eigenvalue weighted by atomic mass is 10.0. The Bertz CT molecular complexity index is 483. The van der Waals surface area contributed by atoms with E-state index in [1.165, 1.54) is 4.90 Å². The zero-order chi connectivity index (χ0) is 15.1. The van der Waals surface area contributed by atoms with Crippen molar-refractivity contribution < 1.29 is 19.5 Å². The van der Waals surface area contributed by atoms with Gasteiger partial charge >= 0.3 is 0 Å². The van der Waals surface area contributed by atoms with E-state index in [0.717, 1.165) is 12.5 Å². The molecule has 1 heterocycles. The van der Waals surface area contributed by atoms with Crippen LogP contribution in [0.3, 0.4) is 0 Å². The number of carboxylic acid groups (broad SMARTS) is 1. The smallest absolute Gasteiger partial charge is 0.300 e. The largest absolute Gasteiger partial charge is 0.481 e. The van der Waals surface area contributed by atoms with E-state index in [9.17, 15) is 9.59 Å². The van der Waals surface area contributed by atoms with Gasteiger partial charge in [-0.2, -0.15) is 0 Å². The Morgan fingerprint density at radius 3 is 2.45 bits per heavy atom. The first kappa shape index (κ1) is 15.7. The quantitative estimate of drug-likeness (QED) is 0.813. The van der Waals surface area contributed by atoms with Crippen LogP contribution in [0.5, 0.6) is 0 Å². The van der Waals surface area contributed by atoms with Crippen LogP contribution in [0.25, 0.3) is 0 Å². The second kappa shape index (κ2) is 7.28. The SMILES string of the molecule is CC(=O)O.CN1CC(=O)NC(Cc2ccccc2)C1=O. The van der Waals surface area contributed by atoms with Crippen molar-refractivity contribution in [1.82, 2.24) is 10.2 Å². The summed E-state index contributed by atoms with van der Waals surface area (Å²) in [5, 5.41) is 10.1. The van der Waals surface area contributed by atoms with E-state index in [1.807, 2.05) is 30.3 Å². The lowest BCUT2D eigenvalue weighted by Crippen LogP contribution is -2.57. The highest BCUT2D eigenvalue weighted by molar-refractivity contribution is 5.94. The molecule has 0 saturated carbocycles. The van der Waals surface area contributed by atoms with Gasteiger partial charge in [0.25, 0.3) is 5.97 Å². The van der Waals surface area contributed by atoms with Gasteiger partial charge in [0, 0.05) is 20.4 Å². The Hall–Kier alpha value is -2.37. The van der Waals surface area contributed by atoms with Gasteiger partial charge < -0.3 is 15.3 Å². The molecule has 20 heavy (non-hydrogen) atoms. The number of aliphatic carboxylic acids is 1. The standard InChI is InChI=1S/C12H14N2O2.C2H4O2/c1-14-8-11(15)13-10(12(14)16)7-9-5-3-2-4-6-9;1-2(3)4/h2-6,10H,7-8H2,1H3,(H,13,15);1H3,(H,3,4). The van der Waals surface area contributed by atoms with Crippen LogP contribution < -0.4 is 5.32 Å². The number of carbonyl (C=O) groups is 3. The van der Waals surface area contributed by atoms with Crippen LogP contribution in [0.1, 0.15) is 12.5 Å². The molecule has 1 aliphatic rings. The van der Waals surface area contributed by atoms with Gasteiger partial charge in [0.2, 0.25) is 11.8 Å². The molecule has 1 aromatic rings. The first-order valence-corrected chi connectivity index (χ1v) is 6.18. The minimum atomic E-state index is -0.833. The van der Waals surface area contributed by atoms with Crippen molar-refractivity contribution in [2.24, 2.45) is 0 Å². The number of piperazine rings is 1. The minimum absolute atomic E-state index is 0.0246. The van der Waals surface area contributed by atoms with Gasteiger partial charge in [0.05, 0.1) is 6.54 Å². The predicted molar refractivity (Wildman–Crippen MR) is 73.0 cm³/mol. The van der Waals surface area contributed by atoms with Crippen LogP contribution in [0.4, 0.5) is 0 Å². The van der Waals surface area contributed by atoms with Crippen LogP contribution in [0, 0.1) is 0 Å². The Morgan fingerprint density at radius 1 is 1.35 bits per heavy atom. The van der Waals surface area contributed by atoms with Crippen molar-refractivity contribution in [3.63, 3.8) is 0 Å². The maximum Gasteiger partial charge on any atom is 0.300 e. The molecule has 1 saturated heterocycles. The first-order valence-electron chi connectivity index (χ1n) is 6.18. The van der Waals surface area contributed by atoms with Crippen LogP contribution in [-0.4, -0.2) is 47.4 Å². The van der Waals surface area contributed by atoms with E-state index in [0.29, 0.717) is 6.42 Å². The number of amides is 2. The topological polar surface area (TPSA) is 86.7 Å². The average Bonchev–Trinajstić information content (AvgIpc) is 2.36. The van der Waals surface area contributed by atoms with Crippen molar-refractivity contribution in [1.29, 1.82) is 0 Å². The molecule has 0 aromatic heterocycles. The highest BCUT2D eigenvalue weighted by Crippen LogP contribution is 2.08. The van der Waals surface area contributed by atoms with E-state index in [1.54, 1.807) is 7.05 Å². The van der Waals surface area contributed by atoms with Crippen molar-refractivity contribution >= 4 is 17.8 Å². The number of hydrogen-bond donors (Lipinski definition) is 2. The summed E-state index contributed by atoms with van der Waals surface area (Å²) in [6.45, 7) is 1.24. The monoisotopic (exact) mass is 278 g/mol. The number of nitrogens with zero attached hydrogens (tertiary/aromatic N) is 1. The molecule has 0 radical (unpaired) electrons. The maximum atomic E-state index is 11.8. The second-order valence-corrected chi connectivity index (χ2v) is 4.52. The average molecular weight is 278 g/mol. The van der Waals surface area contributed by atoms with Gasteiger partial charge in [0.15, 0.2) is 0 Å². The van der Waals surface area contributed by atoms with Crippen LogP contribution in [-0.2, 0) is 20.8 Å². The normalized spacial score (nSPS) is 17.9. The second-order valence-electron chi connectivity index (χ2n) is 4.52. The molecule has 1 aromatic carbocycles. The fourth-order valence-electron chi connectivity index (χ4n) is 1.85. The van der Waals surface area contributed by atoms with E-state index < -0.39 is 12.0 Å². The fraction of sp³-hybridized carbons (Fsp3) is 0.357. The lowest BCUT2D eigenvalue weighted by Gasteiger charge is -2.29. The van der Waals surface area contributed by atoms with Crippen LogP contribution >= 0.6 is 0 Å². The Morgan fingerprint density at radius 2 is 1.90 bits per heavy atom. The van der Waals surface area contributed by atoms with Gasteiger partial charge in [-0.05, 0) is 5.56 Å². The van der Waals surface area contributed by atoms with Gasteiger partial charge in [-0.3, -0.25) is 14.4 Å². The van der Waals surface area contributed by atoms with Crippen molar-refractivity contribution in [3.8, 4) is 0 Å². The molecule has 2 rings (SSSR count). The number of rotatable bonds is 2. The molecular weight excluding hydrogens is 260 g/mol. The van der Waals surface area contributed by atoms with Gasteiger partial charge in [-0.15, -0.1) is 0 Å². The highest BCUT2D eigenvalue weighted by atomic mass is 16.4. The third-order valence-corrected chi connectivity index (χ3v) is 2.67. The van der Waals surface area contributed by atoms with Crippen molar-refractivity contribution in [3.05, 3.63) is 35.9 Å². The number of likely N-dealkylation sites (N-methyl/N-ethyl adjacent to an activating group) is 1. The maximum absolute atomic E-state index is 11.8. The summed E-state index contributed by atoms with van der Waals surface area (Å²) in [6, 6.07) is 9.26. The molecule has 0 aliphatic carbocycles. The molecule has 1 fully saturated rings. The zero-order valence-corrected chi connectivity index (χ0v) is 11.5. The van der Waals surface area contributed by atoms with Crippen molar-refractivity contribution in [2.45, 2.75) is 19.4 Å². The number of carboxylic acids is 1. The first-order chi connectivity index (χ1) is 9.40. The van der Waals surface area contributed by atoms with Crippen LogP contribution in [0.2, 0.25) is 0 Å². The summed E-state index contributed by atoms with van der Waals surface area (Å²) in [6.07, 6.45) is 0.551. The molecule has 0 spiro atoms. The Labute approximate surface area is 117 Å². The van der Waals surface area contributed by atoms with E-state index >= 15 is 0 Å². The van der Waals surface area contributed by atoms with E-state index in [4.69, 9.17) is 9.90 Å². The minimum Gasteiger partial charge on any atom is -0.481 e. The number of hydrogen-bond acceptors (Lipinski definition) is 3. The molecule has 2 N–H and O–H groups in total. The number of nitrogens with one attached hydrogen (secondary N) is 1. The van der Waals surface area contributed by atoms with E-state index in [-0.39, 0.29) is 18.4 Å². The third-order valence-electron chi connectivity index (χ3n) is 2.67. The summed E-state index contributed by atoms with van der Waals surface area (Å²) in [5.74, 6) is -0.952. The highest BCUT2D eigenvalue weighted by Gasteiger charge is 2.30. The number of carbonyl (C=O) groups excluding carboxylic acids is 2. The predicted octanol–water partition coefficient (Wildman–Crippen LogP) is 0.277. The molecular formula is C14H18N2O4. The fourth-order valence-corrected chi connectivity index (χ4v) is 1.85. The molecule has 0 bridgehead atoms. The third kappa shape index (κ3) is 5.09. The van der Waals surface area contributed by atoms with Gasteiger partial charge in [-0.1, -0.05) is 30.3 Å². The van der Waals surface area contributed by atoms with Crippen molar-refractivity contribution in [2.75, 3.05) is 13.6 Å². The summed E-state index contributed by atoms with van der Waals surface area (Å²) in [4.78, 5) is 33.6. The van der Waals surface area contributed by atoms with E-state index in [2.05, 4.69) is 5.32 Å². The molecule has 1 unspecified atom stereocenters. The summed E-state index contributed by atoms with van der Waals surface area (Å²) < 4.78 is 0. The Balaban J connectivity index is 0.000000444. The molecule has 1 aliphatic heterocycles. The summed E-state index contributed by atoms with van der Waals surface area (Å²) in [5.41, 5.74) is 1.05. The molecule has 2 amide bonds. The van der Waals surface area contributed by atoms with Gasteiger partial charge in [-0.25, -0.2) is 0 Å². The van der Waals surface area contributed by atoms with Gasteiger partial charge in [0.1, 0.15) is 6.04 Å².